The van der Waals surface area contributed by atoms with E-state index >= 15 is 0 Å². The van der Waals surface area contributed by atoms with E-state index in [-0.39, 0.29) is 5.41 Å². The van der Waals surface area contributed by atoms with Crippen LogP contribution in [0, 0.1) is 0 Å². The smallest absolute Gasteiger partial charge is 0.134 e. The third-order valence-corrected chi connectivity index (χ3v) is 4.62. The number of nitrogens with zero attached hydrogens (tertiary/aromatic N) is 1. The van der Waals surface area contributed by atoms with Gasteiger partial charge in [-0.05, 0) is 23.6 Å². The molecular formula is C15H17N3S. The van der Waals surface area contributed by atoms with Crippen molar-refractivity contribution >= 4 is 33.5 Å². The molecule has 3 nitrogen and oxygen atoms in total. The van der Waals surface area contributed by atoms with E-state index < -0.39 is 0 Å². The first-order valence-corrected chi connectivity index (χ1v) is 7.12. The number of aliphatic imine (C=N–C) groups is 1. The molecule has 1 aliphatic heterocycles. The lowest BCUT2D eigenvalue weighted by molar-refractivity contribution is 0.604. The van der Waals surface area contributed by atoms with Gasteiger partial charge in [0.05, 0.1) is 16.9 Å². The highest BCUT2D eigenvalue weighted by molar-refractivity contribution is 7.16. The van der Waals surface area contributed by atoms with Crippen LogP contribution in [0.25, 0.3) is 0 Å². The molecule has 1 aromatic heterocycles. The molecule has 0 fully saturated rings. The van der Waals surface area contributed by atoms with Gasteiger partial charge >= 0.3 is 0 Å². The van der Waals surface area contributed by atoms with Crippen molar-refractivity contribution in [2.24, 2.45) is 10.7 Å². The number of amidine groups is 1. The van der Waals surface area contributed by atoms with Gasteiger partial charge in [-0.25, -0.2) is 4.99 Å². The Balaban J connectivity index is 2.15. The molecule has 98 valence electrons. The van der Waals surface area contributed by atoms with Crippen molar-refractivity contribution in [1.29, 1.82) is 0 Å². The minimum Gasteiger partial charge on any atom is -0.383 e. The molecule has 19 heavy (non-hydrogen) atoms. The number of anilines is 2. The van der Waals surface area contributed by atoms with Crippen molar-refractivity contribution in [3.63, 3.8) is 0 Å². The largest absolute Gasteiger partial charge is 0.383 e. The SMILES string of the molecule is CC(C)(C)c1cc2c(s1)Nc1ccccc1N=C2N. The van der Waals surface area contributed by atoms with Gasteiger partial charge in [0, 0.05) is 4.88 Å². The summed E-state index contributed by atoms with van der Waals surface area (Å²) in [5.41, 5.74) is 9.16. The Kier molecular flexibility index (Phi) is 2.64. The monoisotopic (exact) mass is 271 g/mol. The van der Waals surface area contributed by atoms with Crippen molar-refractivity contribution in [2.45, 2.75) is 26.2 Å². The number of hydrogen-bond donors (Lipinski definition) is 2. The number of hydrogen-bond acceptors (Lipinski definition) is 4. The maximum Gasteiger partial charge on any atom is 0.134 e. The molecule has 4 heteroatoms. The van der Waals surface area contributed by atoms with Gasteiger partial charge in [-0.1, -0.05) is 32.9 Å². The van der Waals surface area contributed by atoms with Crippen LogP contribution in [0.5, 0.6) is 0 Å². The van der Waals surface area contributed by atoms with Crippen LogP contribution in [0.3, 0.4) is 0 Å². The standard InChI is InChI=1S/C15H17N3S/c1-15(2,3)12-8-9-13(16)17-10-6-4-5-7-11(10)18-14(9)19-12/h4-8,18H,1-3H3,(H2,16,17). The van der Waals surface area contributed by atoms with E-state index in [9.17, 15) is 0 Å². The Morgan fingerprint density at radius 3 is 2.68 bits per heavy atom. The lowest BCUT2D eigenvalue weighted by Gasteiger charge is -2.15. The first-order valence-electron chi connectivity index (χ1n) is 6.30. The van der Waals surface area contributed by atoms with Crippen molar-refractivity contribution < 1.29 is 0 Å². The molecule has 2 aromatic rings. The maximum atomic E-state index is 6.13. The molecule has 1 aliphatic rings. The molecule has 0 amide bonds. The van der Waals surface area contributed by atoms with E-state index in [2.05, 4.69) is 37.1 Å². The van der Waals surface area contributed by atoms with Gasteiger partial charge in [-0.15, -0.1) is 11.3 Å². The summed E-state index contributed by atoms with van der Waals surface area (Å²) in [4.78, 5) is 5.82. The third-order valence-electron chi connectivity index (χ3n) is 3.14. The van der Waals surface area contributed by atoms with E-state index in [4.69, 9.17) is 5.73 Å². The minimum absolute atomic E-state index is 0.123. The fourth-order valence-corrected chi connectivity index (χ4v) is 3.17. The van der Waals surface area contributed by atoms with Gasteiger partial charge < -0.3 is 11.1 Å². The van der Waals surface area contributed by atoms with E-state index in [0.717, 1.165) is 21.9 Å². The van der Waals surface area contributed by atoms with Crippen LogP contribution in [0.4, 0.5) is 16.4 Å². The van der Waals surface area contributed by atoms with Crippen molar-refractivity contribution in [3.05, 3.63) is 40.8 Å². The summed E-state index contributed by atoms with van der Waals surface area (Å²) in [5, 5.41) is 4.53. The summed E-state index contributed by atoms with van der Waals surface area (Å²) in [5.74, 6) is 0.583. The van der Waals surface area contributed by atoms with Gasteiger partial charge in [-0.2, -0.15) is 0 Å². The van der Waals surface area contributed by atoms with Crippen molar-refractivity contribution in [3.8, 4) is 0 Å². The Hall–Kier alpha value is -1.81. The highest BCUT2D eigenvalue weighted by atomic mass is 32.1. The predicted molar refractivity (Wildman–Crippen MR) is 83.1 cm³/mol. The molecule has 0 atom stereocenters. The highest BCUT2D eigenvalue weighted by Gasteiger charge is 2.23. The number of para-hydroxylation sites is 2. The molecule has 0 unspecified atom stereocenters. The van der Waals surface area contributed by atoms with Crippen LogP contribution in [0.2, 0.25) is 0 Å². The number of thiophene rings is 1. The molecule has 0 bridgehead atoms. The Bertz CT molecular complexity index is 662. The molecule has 3 N–H and O–H groups in total. The number of fused-ring (bicyclic) bond motifs is 2. The van der Waals surface area contributed by atoms with Gasteiger partial charge in [-0.3, -0.25) is 0 Å². The van der Waals surface area contributed by atoms with E-state index in [1.165, 1.54) is 4.88 Å². The molecule has 0 radical (unpaired) electrons. The molecule has 0 saturated heterocycles. The van der Waals surface area contributed by atoms with Crippen molar-refractivity contribution in [1.82, 2.24) is 0 Å². The number of nitrogens with two attached hydrogens (primary N) is 1. The summed E-state index contributed by atoms with van der Waals surface area (Å²) in [6.07, 6.45) is 0. The van der Waals surface area contributed by atoms with Gasteiger partial charge in [0.2, 0.25) is 0 Å². The van der Waals surface area contributed by atoms with Crippen LogP contribution >= 0.6 is 11.3 Å². The van der Waals surface area contributed by atoms with Crippen LogP contribution in [0.15, 0.2) is 35.3 Å². The van der Waals surface area contributed by atoms with Gasteiger partial charge in [0.1, 0.15) is 10.8 Å². The zero-order valence-electron chi connectivity index (χ0n) is 11.3. The summed E-state index contributed by atoms with van der Waals surface area (Å²) >= 11 is 1.75. The lowest BCUT2D eigenvalue weighted by Crippen LogP contribution is -2.13. The average Bonchev–Trinajstić information content (AvgIpc) is 2.70. The van der Waals surface area contributed by atoms with Crippen LogP contribution in [0.1, 0.15) is 31.2 Å². The average molecular weight is 271 g/mol. The predicted octanol–water partition coefficient (Wildman–Crippen LogP) is 4.14. The summed E-state index contributed by atoms with van der Waals surface area (Å²) in [6, 6.07) is 10.1. The fraction of sp³-hybridized carbons (Fsp3) is 0.267. The molecular weight excluding hydrogens is 254 g/mol. The van der Waals surface area contributed by atoms with E-state index in [0.29, 0.717) is 5.84 Å². The number of nitrogens with one attached hydrogen (secondary N) is 1. The third kappa shape index (κ3) is 2.12. The van der Waals surface area contributed by atoms with E-state index in [1.807, 2.05) is 24.3 Å². The molecule has 3 rings (SSSR count). The fourth-order valence-electron chi connectivity index (χ4n) is 2.03. The molecule has 0 spiro atoms. The summed E-state index contributed by atoms with van der Waals surface area (Å²) in [7, 11) is 0. The lowest BCUT2D eigenvalue weighted by atomic mass is 9.94. The second-order valence-electron chi connectivity index (χ2n) is 5.74. The number of benzene rings is 1. The normalized spacial score (nSPS) is 13.9. The molecule has 0 saturated carbocycles. The van der Waals surface area contributed by atoms with Gasteiger partial charge in [0.25, 0.3) is 0 Å². The number of rotatable bonds is 0. The molecule has 2 heterocycles. The highest BCUT2D eigenvalue weighted by Crippen LogP contribution is 2.41. The zero-order valence-corrected chi connectivity index (χ0v) is 12.1. The van der Waals surface area contributed by atoms with E-state index in [1.54, 1.807) is 11.3 Å². The molecule has 1 aromatic carbocycles. The van der Waals surface area contributed by atoms with Crippen LogP contribution in [-0.4, -0.2) is 5.84 Å². The Labute approximate surface area is 117 Å². The topological polar surface area (TPSA) is 50.4 Å². The minimum atomic E-state index is 0.123. The molecule has 0 aliphatic carbocycles. The first-order chi connectivity index (χ1) is 8.95. The van der Waals surface area contributed by atoms with Crippen LogP contribution in [-0.2, 0) is 5.41 Å². The Morgan fingerprint density at radius 2 is 1.95 bits per heavy atom. The van der Waals surface area contributed by atoms with Crippen LogP contribution < -0.4 is 11.1 Å². The second-order valence-corrected chi connectivity index (χ2v) is 6.79. The summed E-state index contributed by atoms with van der Waals surface area (Å²) in [6.45, 7) is 6.62. The zero-order chi connectivity index (χ0) is 13.6. The maximum absolute atomic E-state index is 6.13. The second kappa shape index (κ2) is 4.10. The van der Waals surface area contributed by atoms with Crippen molar-refractivity contribution in [2.75, 3.05) is 5.32 Å². The first kappa shape index (κ1) is 12.2. The summed E-state index contributed by atoms with van der Waals surface area (Å²) < 4.78 is 0. The van der Waals surface area contributed by atoms with Gasteiger partial charge in [0.15, 0.2) is 0 Å². The quantitative estimate of drug-likeness (QED) is 0.756. The Morgan fingerprint density at radius 1 is 1.21 bits per heavy atom.